The molecule has 0 aliphatic heterocycles. The van der Waals surface area contributed by atoms with E-state index in [1.54, 1.807) is 11.6 Å². The van der Waals surface area contributed by atoms with E-state index in [4.69, 9.17) is 0 Å². The number of aromatic nitrogens is 1. The quantitative estimate of drug-likeness (QED) is 0.873. The van der Waals surface area contributed by atoms with Crippen molar-refractivity contribution < 1.29 is 9.18 Å². The first-order chi connectivity index (χ1) is 7.58. The minimum Gasteiger partial charge on any atom is -0.350 e. The monoisotopic (exact) mass is 238 g/mol. The van der Waals surface area contributed by atoms with Crippen LogP contribution in [0.4, 0.5) is 4.39 Å². The Labute approximate surface area is 96.3 Å². The van der Waals surface area contributed by atoms with Crippen molar-refractivity contribution in [2.45, 2.75) is 19.9 Å². The molecule has 1 aromatic heterocycles. The van der Waals surface area contributed by atoms with Gasteiger partial charge in [-0.2, -0.15) is 0 Å². The highest BCUT2D eigenvalue weighted by molar-refractivity contribution is 7.16. The molecule has 16 heavy (non-hydrogen) atoms. The molecule has 0 saturated carbocycles. The number of halogens is 1. The second kappa shape index (κ2) is 4.17. The van der Waals surface area contributed by atoms with Crippen molar-refractivity contribution in [3.8, 4) is 0 Å². The minimum atomic E-state index is -0.451. The van der Waals surface area contributed by atoms with Gasteiger partial charge in [0.05, 0.1) is 10.2 Å². The SMILES string of the molecule is CC(C)NC(=O)c1cc(F)c2ncsc2c1. The lowest BCUT2D eigenvalue weighted by Gasteiger charge is -2.08. The second-order valence-corrected chi connectivity index (χ2v) is 4.67. The summed E-state index contributed by atoms with van der Waals surface area (Å²) in [5.74, 6) is -0.711. The number of nitrogens with zero attached hydrogens (tertiary/aromatic N) is 1. The summed E-state index contributed by atoms with van der Waals surface area (Å²) in [6, 6.07) is 2.92. The van der Waals surface area contributed by atoms with E-state index in [-0.39, 0.29) is 11.9 Å². The predicted octanol–water partition coefficient (Wildman–Crippen LogP) is 2.57. The van der Waals surface area contributed by atoms with E-state index in [1.807, 2.05) is 13.8 Å². The van der Waals surface area contributed by atoms with Crippen LogP contribution in [0.3, 0.4) is 0 Å². The first-order valence-electron chi connectivity index (χ1n) is 4.91. The van der Waals surface area contributed by atoms with Gasteiger partial charge in [0.1, 0.15) is 5.52 Å². The number of amides is 1. The Morgan fingerprint density at radius 3 is 2.94 bits per heavy atom. The highest BCUT2D eigenvalue weighted by atomic mass is 32.1. The Balaban J connectivity index is 2.41. The van der Waals surface area contributed by atoms with Gasteiger partial charge in [-0.3, -0.25) is 4.79 Å². The Morgan fingerprint density at radius 2 is 2.25 bits per heavy atom. The molecule has 0 spiro atoms. The predicted molar refractivity (Wildman–Crippen MR) is 62.2 cm³/mol. The lowest BCUT2D eigenvalue weighted by molar-refractivity contribution is 0.0943. The van der Waals surface area contributed by atoms with Gasteiger partial charge in [-0.15, -0.1) is 11.3 Å². The molecular formula is C11H11FN2OS. The summed E-state index contributed by atoms with van der Waals surface area (Å²) >= 11 is 1.32. The molecule has 0 unspecified atom stereocenters. The fraction of sp³-hybridized carbons (Fsp3) is 0.273. The molecule has 1 aromatic carbocycles. The van der Waals surface area contributed by atoms with E-state index in [0.29, 0.717) is 15.8 Å². The Kier molecular flexibility index (Phi) is 2.87. The molecule has 1 amide bonds. The van der Waals surface area contributed by atoms with E-state index in [1.165, 1.54) is 17.4 Å². The van der Waals surface area contributed by atoms with Gasteiger partial charge in [-0.25, -0.2) is 9.37 Å². The summed E-state index contributed by atoms with van der Waals surface area (Å²) in [5, 5.41) is 2.72. The van der Waals surface area contributed by atoms with Crippen LogP contribution < -0.4 is 5.32 Å². The minimum absolute atomic E-state index is 0.0349. The maximum absolute atomic E-state index is 13.5. The van der Waals surface area contributed by atoms with Crippen molar-refractivity contribution in [2.24, 2.45) is 0 Å². The number of fused-ring (bicyclic) bond motifs is 1. The average Bonchev–Trinajstić information content (AvgIpc) is 2.64. The maximum Gasteiger partial charge on any atom is 0.251 e. The van der Waals surface area contributed by atoms with E-state index in [2.05, 4.69) is 10.3 Å². The second-order valence-electron chi connectivity index (χ2n) is 3.79. The molecule has 2 aromatic rings. The number of hydrogen-bond donors (Lipinski definition) is 1. The van der Waals surface area contributed by atoms with Crippen LogP contribution in [0.2, 0.25) is 0 Å². The summed E-state index contributed by atoms with van der Waals surface area (Å²) in [6.45, 7) is 3.72. The lowest BCUT2D eigenvalue weighted by Crippen LogP contribution is -2.30. The van der Waals surface area contributed by atoms with Crippen LogP contribution in [0.25, 0.3) is 10.2 Å². The third-order valence-corrected chi connectivity index (χ3v) is 2.85. The molecule has 0 fully saturated rings. The first-order valence-corrected chi connectivity index (χ1v) is 5.79. The third-order valence-electron chi connectivity index (χ3n) is 2.07. The average molecular weight is 238 g/mol. The van der Waals surface area contributed by atoms with Crippen LogP contribution in [0.15, 0.2) is 17.6 Å². The summed E-state index contributed by atoms with van der Waals surface area (Å²) < 4.78 is 14.2. The van der Waals surface area contributed by atoms with Gasteiger partial charge in [0.15, 0.2) is 5.82 Å². The van der Waals surface area contributed by atoms with Crippen LogP contribution in [-0.2, 0) is 0 Å². The fourth-order valence-electron chi connectivity index (χ4n) is 1.40. The van der Waals surface area contributed by atoms with Crippen LogP contribution in [0.5, 0.6) is 0 Å². The fourth-order valence-corrected chi connectivity index (χ4v) is 2.13. The number of nitrogens with one attached hydrogen (secondary N) is 1. The molecule has 0 bridgehead atoms. The Bertz CT molecular complexity index is 536. The zero-order valence-electron chi connectivity index (χ0n) is 8.95. The normalized spacial score (nSPS) is 11.0. The number of benzene rings is 1. The van der Waals surface area contributed by atoms with Gasteiger partial charge < -0.3 is 5.32 Å². The van der Waals surface area contributed by atoms with Gasteiger partial charge in [-0.1, -0.05) is 0 Å². The van der Waals surface area contributed by atoms with Crippen molar-refractivity contribution in [3.05, 3.63) is 29.0 Å². The van der Waals surface area contributed by atoms with Crippen LogP contribution >= 0.6 is 11.3 Å². The molecule has 2 rings (SSSR count). The third kappa shape index (κ3) is 2.04. The molecule has 0 atom stereocenters. The molecular weight excluding hydrogens is 227 g/mol. The maximum atomic E-state index is 13.5. The van der Waals surface area contributed by atoms with E-state index < -0.39 is 5.82 Å². The molecule has 5 heteroatoms. The van der Waals surface area contributed by atoms with Gasteiger partial charge in [0.2, 0.25) is 0 Å². The highest BCUT2D eigenvalue weighted by Gasteiger charge is 2.12. The van der Waals surface area contributed by atoms with Gasteiger partial charge in [0.25, 0.3) is 5.91 Å². The molecule has 3 nitrogen and oxygen atoms in total. The largest absolute Gasteiger partial charge is 0.350 e. The van der Waals surface area contributed by atoms with E-state index in [0.717, 1.165) is 0 Å². The molecule has 0 aliphatic carbocycles. The summed E-state index contributed by atoms with van der Waals surface area (Å²) in [4.78, 5) is 15.6. The van der Waals surface area contributed by atoms with Gasteiger partial charge in [-0.05, 0) is 26.0 Å². The van der Waals surface area contributed by atoms with Crippen molar-refractivity contribution in [2.75, 3.05) is 0 Å². The molecule has 0 aliphatic rings. The molecule has 0 saturated heterocycles. The first kappa shape index (κ1) is 11.0. The lowest BCUT2D eigenvalue weighted by atomic mass is 10.2. The van der Waals surface area contributed by atoms with Crippen molar-refractivity contribution in [1.29, 1.82) is 0 Å². The molecule has 1 N–H and O–H groups in total. The number of carbonyl (C=O) groups is 1. The highest BCUT2D eigenvalue weighted by Crippen LogP contribution is 2.22. The Hall–Kier alpha value is -1.49. The number of rotatable bonds is 2. The number of carbonyl (C=O) groups excluding carboxylic acids is 1. The van der Waals surface area contributed by atoms with E-state index in [9.17, 15) is 9.18 Å². The van der Waals surface area contributed by atoms with Gasteiger partial charge >= 0.3 is 0 Å². The van der Waals surface area contributed by atoms with Crippen molar-refractivity contribution in [1.82, 2.24) is 10.3 Å². The van der Waals surface area contributed by atoms with Gasteiger partial charge in [0, 0.05) is 11.6 Å². The van der Waals surface area contributed by atoms with Crippen LogP contribution in [0, 0.1) is 5.82 Å². The molecule has 84 valence electrons. The van der Waals surface area contributed by atoms with Crippen LogP contribution in [0.1, 0.15) is 24.2 Å². The van der Waals surface area contributed by atoms with Crippen molar-refractivity contribution in [3.63, 3.8) is 0 Å². The zero-order chi connectivity index (χ0) is 11.7. The number of hydrogen-bond acceptors (Lipinski definition) is 3. The summed E-state index contributed by atoms with van der Waals surface area (Å²) in [7, 11) is 0. The van der Waals surface area contributed by atoms with E-state index >= 15 is 0 Å². The Morgan fingerprint density at radius 1 is 1.50 bits per heavy atom. The van der Waals surface area contributed by atoms with Crippen LogP contribution in [-0.4, -0.2) is 16.9 Å². The smallest absolute Gasteiger partial charge is 0.251 e. The standard InChI is InChI=1S/C11H11FN2OS/c1-6(2)14-11(15)7-3-8(12)10-9(4-7)16-5-13-10/h3-6H,1-2H3,(H,14,15). The topological polar surface area (TPSA) is 42.0 Å². The summed E-state index contributed by atoms with van der Waals surface area (Å²) in [6.07, 6.45) is 0. The molecule has 0 radical (unpaired) electrons. The molecule has 1 heterocycles. The number of thiazole rings is 1. The zero-order valence-corrected chi connectivity index (χ0v) is 9.77. The summed E-state index contributed by atoms with van der Waals surface area (Å²) in [5.41, 5.74) is 2.23. The van der Waals surface area contributed by atoms with Crippen molar-refractivity contribution >= 4 is 27.5 Å².